The minimum Gasteiger partial charge on any atom is -0.310 e. The number of hydrogen-bond acceptors (Lipinski definition) is 1. The highest BCUT2D eigenvalue weighted by Gasteiger charge is 2.46. The molecule has 2 nitrogen and oxygen atoms in total. The molecule has 0 N–H and O–H groups in total. The lowest BCUT2D eigenvalue weighted by molar-refractivity contribution is 0.768. The van der Waals surface area contributed by atoms with Crippen molar-refractivity contribution in [2.75, 3.05) is 4.90 Å². The molecule has 286 valence electrons. The lowest BCUT2D eigenvalue weighted by Gasteiger charge is -2.34. The van der Waals surface area contributed by atoms with Crippen LogP contribution in [0, 0.1) is 0 Å². The summed E-state index contributed by atoms with van der Waals surface area (Å²) < 4.78 is 2.40. The first kappa shape index (κ1) is 35.0. The van der Waals surface area contributed by atoms with Crippen molar-refractivity contribution in [3.05, 3.63) is 265 Å². The Morgan fingerprint density at radius 1 is 0.361 bits per heavy atom. The van der Waals surface area contributed by atoms with Gasteiger partial charge in [0.15, 0.2) is 0 Å². The molecular formula is C59H40N2. The minimum atomic E-state index is -0.448. The molecule has 1 aliphatic carbocycles. The van der Waals surface area contributed by atoms with Gasteiger partial charge in [-0.3, -0.25) is 0 Å². The summed E-state index contributed by atoms with van der Waals surface area (Å²) in [4.78, 5) is 2.43. The van der Waals surface area contributed by atoms with E-state index in [0.29, 0.717) is 0 Å². The van der Waals surface area contributed by atoms with E-state index < -0.39 is 5.41 Å². The Labute approximate surface area is 355 Å². The third-order valence-corrected chi connectivity index (χ3v) is 12.9. The van der Waals surface area contributed by atoms with Gasteiger partial charge >= 0.3 is 0 Å². The fraction of sp³-hybridized carbons (Fsp3) is 0.0169. The molecule has 0 amide bonds. The zero-order valence-corrected chi connectivity index (χ0v) is 33.5. The standard InChI is InChI=1S/C59H40N2/c1-4-20-43(21-5-1)59(44-22-6-2-7-23-44)53-30-14-12-28-52(53)58-49(29-17-31-54(58)59)42-34-36-46(37-35-42)60(55-33-16-19-41-18-10-11-26-48(41)55)47-38-39-51-50-27-13-15-32-56(50)61(57(51)40-47)45-24-8-3-9-25-45/h1-40H. The van der Waals surface area contributed by atoms with Crippen LogP contribution in [0.3, 0.4) is 0 Å². The van der Waals surface area contributed by atoms with Crippen LogP contribution in [0.5, 0.6) is 0 Å². The molecule has 11 aromatic rings. The van der Waals surface area contributed by atoms with Gasteiger partial charge in [-0.2, -0.15) is 0 Å². The Kier molecular flexibility index (Phi) is 8.11. The Morgan fingerprint density at radius 3 is 1.69 bits per heavy atom. The largest absolute Gasteiger partial charge is 0.310 e. The van der Waals surface area contributed by atoms with Gasteiger partial charge < -0.3 is 9.47 Å². The number of hydrogen-bond donors (Lipinski definition) is 0. The van der Waals surface area contributed by atoms with Crippen LogP contribution >= 0.6 is 0 Å². The van der Waals surface area contributed by atoms with Crippen molar-refractivity contribution in [1.82, 2.24) is 4.57 Å². The molecule has 1 heterocycles. The van der Waals surface area contributed by atoms with Crippen molar-refractivity contribution in [1.29, 1.82) is 0 Å². The fourth-order valence-electron chi connectivity index (χ4n) is 10.3. The van der Waals surface area contributed by atoms with E-state index in [-0.39, 0.29) is 0 Å². The molecule has 0 saturated heterocycles. The fourth-order valence-corrected chi connectivity index (χ4v) is 10.3. The van der Waals surface area contributed by atoms with E-state index in [1.165, 1.54) is 77.1 Å². The topological polar surface area (TPSA) is 8.17 Å². The zero-order chi connectivity index (χ0) is 40.3. The summed E-state index contributed by atoms with van der Waals surface area (Å²) in [5, 5.41) is 4.89. The van der Waals surface area contributed by atoms with Crippen molar-refractivity contribution in [3.63, 3.8) is 0 Å². The molecule has 12 rings (SSSR count). The highest BCUT2D eigenvalue weighted by atomic mass is 15.1. The first-order valence-electron chi connectivity index (χ1n) is 21.1. The summed E-state index contributed by atoms with van der Waals surface area (Å²) in [6.45, 7) is 0. The number of fused-ring (bicyclic) bond motifs is 7. The van der Waals surface area contributed by atoms with Crippen LogP contribution in [-0.2, 0) is 5.41 Å². The second-order valence-corrected chi connectivity index (χ2v) is 16.0. The summed E-state index contributed by atoms with van der Waals surface area (Å²) >= 11 is 0. The van der Waals surface area contributed by atoms with E-state index >= 15 is 0 Å². The molecule has 0 saturated carbocycles. The van der Waals surface area contributed by atoms with Gasteiger partial charge in [-0.1, -0.05) is 194 Å². The maximum absolute atomic E-state index is 2.43. The van der Waals surface area contributed by atoms with Gasteiger partial charge in [0.05, 0.1) is 22.1 Å². The maximum Gasteiger partial charge on any atom is 0.0713 e. The van der Waals surface area contributed by atoms with Gasteiger partial charge in [0.25, 0.3) is 0 Å². The summed E-state index contributed by atoms with van der Waals surface area (Å²) in [5.74, 6) is 0. The number of benzene rings is 10. The van der Waals surface area contributed by atoms with Crippen LogP contribution in [-0.4, -0.2) is 4.57 Å². The van der Waals surface area contributed by atoms with E-state index in [4.69, 9.17) is 0 Å². The van der Waals surface area contributed by atoms with Gasteiger partial charge in [0.1, 0.15) is 0 Å². The number of para-hydroxylation sites is 2. The lowest BCUT2D eigenvalue weighted by atomic mass is 9.67. The zero-order valence-electron chi connectivity index (χ0n) is 33.5. The van der Waals surface area contributed by atoms with Crippen molar-refractivity contribution in [3.8, 4) is 27.9 Å². The SMILES string of the molecule is c1ccc(-n2c3ccccc3c3ccc(N(c4ccc(-c5cccc6c5-c5ccccc5C6(c5ccccc5)c5ccccc5)cc4)c4cccc5ccccc45)cc32)cc1. The van der Waals surface area contributed by atoms with Gasteiger partial charge in [0.2, 0.25) is 0 Å². The molecule has 61 heavy (non-hydrogen) atoms. The highest BCUT2D eigenvalue weighted by molar-refractivity contribution is 6.11. The minimum absolute atomic E-state index is 0.448. The molecule has 0 bridgehead atoms. The van der Waals surface area contributed by atoms with Crippen molar-refractivity contribution in [2.24, 2.45) is 0 Å². The number of rotatable bonds is 7. The van der Waals surface area contributed by atoms with E-state index in [1.54, 1.807) is 0 Å². The molecule has 0 atom stereocenters. The molecule has 0 fully saturated rings. The number of anilines is 3. The number of nitrogens with zero attached hydrogens (tertiary/aromatic N) is 2. The molecule has 1 aromatic heterocycles. The third-order valence-electron chi connectivity index (χ3n) is 12.9. The molecule has 0 aliphatic heterocycles. The molecular weight excluding hydrogens is 737 g/mol. The summed E-state index contributed by atoms with van der Waals surface area (Å²) in [6.07, 6.45) is 0. The van der Waals surface area contributed by atoms with Crippen molar-refractivity contribution in [2.45, 2.75) is 5.41 Å². The quantitative estimate of drug-likeness (QED) is 0.156. The van der Waals surface area contributed by atoms with Gasteiger partial charge in [-0.05, 0) is 98.4 Å². The second kappa shape index (κ2) is 14.1. The van der Waals surface area contributed by atoms with Gasteiger partial charge in [-0.15, -0.1) is 0 Å². The van der Waals surface area contributed by atoms with Crippen LogP contribution in [0.4, 0.5) is 17.1 Å². The summed E-state index contributed by atoms with van der Waals surface area (Å²) in [6, 6.07) is 89.0. The van der Waals surface area contributed by atoms with Gasteiger partial charge in [0, 0.05) is 33.2 Å². The predicted octanol–water partition coefficient (Wildman–Crippen LogP) is 15.4. The first-order chi connectivity index (χ1) is 30.3. The molecule has 10 aromatic carbocycles. The van der Waals surface area contributed by atoms with Crippen LogP contribution in [0.25, 0.3) is 60.5 Å². The Balaban J connectivity index is 1.05. The van der Waals surface area contributed by atoms with E-state index in [2.05, 4.69) is 252 Å². The van der Waals surface area contributed by atoms with E-state index in [9.17, 15) is 0 Å². The Bertz CT molecular complexity index is 3360. The van der Waals surface area contributed by atoms with Crippen molar-refractivity contribution >= 4 is 49.6 Å². The normalized spacial score (nSPS) is 12.7. The lowest BCUT2D eigenvalue weighted by Crippen LogP contribution is -2.28. The van der Waals surface area contributed by atoms with Gasteiger partial charge in [-0.25, -0.2) is 0 Å². The van der Waals surface area contributed by atoms with Crippen LogP contribution < -0.4 is 4.90 Å². The molecule has 0 radical (unpaired) electrons. The second-order valence-electron chi connectivity index (χ2n) is 16.0. The maximum atomic E-state index is 2.43. The predicted molar refractivity (Wildman–Crippen MR) is 256 cm³/mol. The Morgan fingerprint density at radius 2 is 0.918 bits per heavy atom. The molecule has 0 unspecified atom stereocenters. The average molecular weight is 777 g/mol. The Hall–Kier alpha value is -7.94. The monoisotopic (exact) mass is 776 g/mol. The number of aromatic nitrogens is 1. The summed E-state index contributed by atoms with van der Waals surface area (Å²) in [7, 11) is 0. The molecule has 2 heteroatoms. The third kappa shape index (κ3) is 5.36. The van der Waals surface area contributed by atoms with Crippen LogP contribution in [0.2, 0.25) is 0 Å². The van der Waals surface area contributed by atoms with E-state index in [1.807, 2.05) is 0 Å². The van der Waals surface area contributed by atoms with Crippen LogP contribution in [0.1, 0.15) is 22.3 Å². The smallest absolute Gasteiger partial charge is 0.0713 e. The average Bonchev–Trinajstić information content (AvgIpc) is 3.83. The van der Waals surface area contributed by atoms with Crippen LogP contribution in [0.15, 0.2) is 243 Å². The van der Waals surface area contributed by atoms with E-state index in [0.717, 1.165) is 22.7 Å². The molecule has 0 spiro atoms. The van der Waals surface area contributed by atoms with Crippen molar-refractivity contribution < 1.29 is 0 Å². The highest BCUT2D eigenvalue weighted by Crippen LogP contribution is 2.58. The summed E-state index contributed by atoms with van der Waals surface area (Å²) in [5.41, 5.74) is 16.6. The first-order valence-corrected chi connectivity index (χ1v) is 21.1. The molecule has 1 aliphatic rings.